The number of nitrogens with zero attached hydrogens (tertiary/aromatic N) is 1. The van der Waals surface area contributed by atoms with E-state index in [1.807, 2.05) is 0 Å². The van der Waals surface area contributed by atoms with Crippen LogP contribution in [0.4, 0.5) is 13.2 Å². The van der Waals surface area contributed by atoms with Crippen molar-refractivity contribution < 1.29 is 32.5 Å². The minimum absolute atomic E-state index is 0.0360. The number of halogens is 4. The summed E-state index contributed by atoms with van der Waals surface area (Å²) in [7, 11) is 1.10. The van der Waals surface area contributed by atoms with Crippen LogP contribution in [0.1, 0.15) is 16.1 Å². The summed E-state index contributed by atoms with van der Waals surface area (Å²) in [6.45, 7) is 0. The van der Waals surface area contributed by atoms with Gasteiger partial charge in [0.15, 0.2) is 5.75 Å². The second-order valence-corrected chi connectivity index (χ2v) is 3.54. The van der Waals surface area contributed by atoms with E-state index in [-0.39, 0.29) is 11.0 Å². The number of ether oxygens (including phenoxy) is 2. The van der Waals surface area contributed by atoms with Crippen LogP contribution in [-0.4, -0.2) is 29.5 Å². The van der Waals surface area contributed by atoms with Crippen LogP contribution in [0.15, 0.2) is 6.07 Å². The smallest absolute Gasteiger partial charge is 0.478 e. The minimum atomic E-state index is -4.96. The third-order valence-corrected chi connectivity index (χ3v) is 2.34. The van der Waals surface area contributed by atoms with Gasteiger partial charge in [0.25, 0.3) is 5.88 Å². The van der Waals surface area contributed by atoms with Crippen LogP contribution in [0.2, 0.25) is 0 Å². The molecule has 1 aromatic rings. The fourth-order valence-electron chi connectivity index (χ4n) is 1.15. The summed E-state index contributed by atoms with van der Waals surface area (Å²) in [6, 6.07) is 0.720. The average molecular weight is 330 g/mol. The summed E-state index contributed by atoms with van der Waals surface area (Å²) in [6.07, 6.45) is -4.96. The molecule has 0 spiro atoms. The number of alkyl halides is 4. The first kappa shape index (κ1) is 14.6. The van der Waals surface area contributed by atoms with Crippen LogP contribution in [0, 0.1) is 0 Å². The Morgan fingerprint density at radius 3 is 2.56 bits per heavy atom. The van der Waals surface area contributed by atoms with E-state index in [9.17, 15) is 18.0 Å². The molecule has 0 radical (unpaired) electrons. The highest BCUT2D eigenvalue weighted by Gasteiger charge is 2.33. The van der Waals surface area contributed by atoms with E-state index >= 15 is 0 Å². The largest absolute Gasteiger partial charge is 0.573 e. The molecule has 0 aliphatic rings. The molecular weight excluding hydrogens is 323 g/mol. The molecule has 0 aliphatic carbocycles. The van der Waals surface area contributed by atoms with E-state index in [4.69, 9.17) is 5.11 Å². The molecule has 0 aliphatic heterocycles. The van der Waals surface area contributed by atoms with Crippen LogP contribution in [0.3, 0.4) is 0 Å². The first-order chi connectivity index (χ1) is 8.28. The topological polar surface area (TPSA) is 68.7 Å². The van der Waals surface area contributed by atoms with Crippen molar-refractivity contribution in [3.63, 3.8) is 0 Å². The highest BCUT2D eigenvalue weighted by Crippen LogP contribution is 2.32. The molecule has 0 aromatic carbocycles. The van der Waals surface area contributed by atoms with Gasteiger partial charge in [-0.1, -0.05) is 15.9 Å². The summed E-state index contributed by atoms with van der Waals surface area (Å²) in [5, 5.41) is 8.90. The molecule has 1 aromatic heterocycles. The zero-order chi connectivity index (χ0) is 13.9. The molecule has 1 rings (SSSR count). The SMILES string of the molecule is COc1nc(CBr)c(C(=O)O)cc1OC(F)(F)F. The number of pyridine rings is 1. The van der Waals surface area contributed by atoms with Gasteiger partial charge in [-0.2, -0.15) is 0 Å². The molecule has 100 valence electrons. The third-order valence-electron chi connectivity index (χ3n) is 1.81. The van der Waals surface area contributed by atoms with Crippen molar-refractivity contribution in [2.75, 3.05) is 7.11 Å². The molecule has 18 heavy (non-hydrogen) atoms. The van der Waals surface area contributed by atoms with Gasteiger partial charge in [-0.3, -0.25) is 0 Å². The Hall–Kier alpha value is -1.51. The van der Waals surface area contributed by atoms with Gasteiger partial charge in [-0.25, -0.2) is 9.78 Å². The molecule has 5 nitrogen and oxygen atoms in total. The van der Waals surface area contributed by atoms with E-state index in [2.05, 4.69) is 30.4 Å². The molecule has 1 heterocycles. The summed E-state index contributed by atoms with van der Waals surface area (Å²) in [4.78, 5) is 14.5. The minimum Gasteiger partial charge on any atom is -0.478 e. The molecule has 0 atom stereocenters. The number of carboxylic acid groups (broad SMARTS) is 1. The van der Waals surface area contributed by atoms with Gasteiger partial charge in [0.2, 0.25) is 0 Å². The Kier molecular flexibility index (Phi) is 4.38. The standard InChI is InChI=1S/C9H7BrF3NO4/c1-17-7-6(18-9(11,12)13)2-4(8(15)16)5(3-10)14-7/h2H,3H2,1H3,(H,15,16). The monoisotopic (exact) mass is 329 g/mol. The van der Waals surface area contributed by atoms with Crippen LogP contribution in [-0.2, 0) is 5.33 Å². The number of carboxylic acids is 1. The zero-order valence-electron chi connectivity index (χ0n) is 8.92. The number of hydrogen-bond acceptors (Lipinski definition) is 4. The van der Waals surface area contributed by atoms with Crippen molar-refractivity contribution in [1.29, 1.82) is 0 Å². The van der Waals surface area contributed by atoms with E-state index in [1.54, 1.807) is 0 Å². The molecule has 0 bridgehead atoms. The van der Waals surface area contributed by atoms with Gasteiger partial charge < -0.3 is 14.6 Å². The Morgan fingerprint density at radius 2 is 2.17 bits per heavy atom. The number of methoxy groups -OCH3 is 1. The fourth-order valence-corrected chi connectivity index (χ4v) is 1.57. The molecule has 0 saturated carbocycles. The van der Waals surface area contributed by atoms with Crippen molar-refractivity contribution in [3.8, 4) is 11.6 Å². The van der Waals surface area contributed by atoms with Gasteiger partial charge in [-0.05, 0) is 0 Å². The Morgan fingerprint density at radius 1 is 1.56 bits per heavy atom. The number of hydrogen-bond donors (Lipinski definition) is 1. The summed E-state index contributed by atoms with van der Waals surface area (Å²) in [5.74, 6) is -2.65. The van der Waals surface area contributed by atoms with Crippen molar-refractivity contribution in [3.05, 3.63) is 17.3 Å². The van der Waals surface area contributed by atoms with Crippen LogP contribution < -0.4 is 9.47 Å². The van der Waals surface area contributed by atoms with E-state index in [1.165, 1.54) is 0 Å². The number of aromatic nitrogens is 1. The highest BCUT2D eigenvalue weighted by atomic mass is 79.9. The summed E-state index contributed by atoms with van der Waals surface area (Å²) >= 11 is 2.98. The summed E-state index contributed by atoms with van der Waals surface area (Å²) in [5.41, 5.74) is -0.360. The Labute approximate surface area is 108 Å². The predicted octanol–water partition coefficient (Wildman–Crippen LogP) is 2.58. The molecular formula is C9H7BrF3NO4. The average Bonchev–Trinajstić information content (AvgIpc) is 2.26. The van der Waals surface area contributed by atoms with E-state index in [0.717, 1.165) is 13.2 Å². The Bertz CT molecular complexity index is 464. The lowest BCUT2D eigenvalue weighted by molar-refractivity contribution is -0.275. The van der Waals surface area contributed by atoms with E-state index in [0.29, 0.717) is 0 Å². The highest BCUT2D eigenvalue weighted by molar-refractivity contribution is 9.08. The molecule has 0 saturated heterocycles. The second-order valence-electron chi connectivity index (χ2n) is 2.98. The van der Waals surface area contributed by atoms with Crippen molar-refractivity contribution in [2.45, 2.75) is 11.7 Å². The van der Waals surface area contributed by atoms with Crippen molar-refractivity contribution in [1.82, 2.24) is 4.98 Å². The maximum Gasteiger partial charge on any atom is 0.573 e. The first-order valence-corrected chi connectivity index (χ1v) is 5.53. The third kappa shape index (κ3) is 3.49. The summed E-state index contributed by atoms with van der Waals surface area (Å²) < 4.78 is 44.6. The lowest BCUT2D eigenvalue weighted by atomic mass is 10.2. The molecule has 0 amide bonds. The lowest BCUT2D eigenvalue weighted by Crippen LogP contribution is -2.19. The number of aromatic carboxylic acids is 1. The molecule has 9 heteroatoms. The Balaban J connectivity index is 3.32. The fraction of sp³-hybridized carbons (Fsp3) is 0.333. The predicted molar refractivity (Wildman–Crippen MR) is 57.1 cm³/mol. The zero-order valence-corrected chi connectivity index (χ0v) is 10.5. The van der Waals surface area contributed by atoms with Gasteiger partial charge in [0.05, 0.1) is 18.4 Å². The van der Waals surface area contributed by atoms with Gasteiger partial charge >= 0.3 is 12.3 Å². The van der Waals surface area contributed by atoms with Crippen LogP contribution in [0.5, 0.6) is 11.6 Å². The maximum absolute atomic E-state index is 12.1. The second kappa shape index (κ2) is 5.42. The molecule has 0 unspecified atom stereocenters. The quantitative estimate of drug-likeness (QED) is 0.860. The van der Waals surface area contributed by atoms with Crippen molar-refractivity contribution >= 4 is 21.9 Å². The maximum atomic E-state index is 12.1. The normalized spacial score (nSPS) is 11.2. The number of rotatable bonds is 4. The molecule has 0 fully saturated rings. The van der Waals surface area contributed by atoms with Gasteiger partial charge in [0, 0.05) is 11.4 Å². The molecule has 1 N–H and O–H groups in total. The van der Waals surface area contributed by atoms with E-state index < -0.39 is 29.5 Å². The first-order valence-electron chi connectivity index (χ1n) is 4.41. The lowest BCUT2D eigenvalue weighted by Gasteiger charge is -2.13. The van der Waals surface area contributed by atoms with Crippen LogP contribution >= 0.6 is 15.9 Å². The number of carbonyl (C=O) groups is 1. The van der Waals surface area contributed by atoms with Crippen molar-refractivity contribution in [2.24, 2.45) is 0 Å². The van der Waals surface area contributed by atoms with Crippen LogP contribution in [0.25, 0.3) is 0 Å². The van der Waals surface area contributed by atoms with Gasteiger partial charge in [0.1, 0.15) is 0 Å². The van der Waals surface area contributed by atoms with Gasteiger partial charge in [-0.15, -0.1) is 13.2 Å².